The minimum Gasteiger partial charge on any atom is -0.480 e. The second kappa shape index (κ2) is 5.64. The monoisotopic (exact) mass is 279 g/mol. The summed E-state index contributed by atoms with van der Waals surface area (Å²) in [4.78, 5) is 23.0. The third kappa shape index (κ3) is 3.18. The Bertz CT molecular complexity index is 532. The van der Waals surface area contributed by atoms with E-state index in [1.54, 1.807) is 4.68 Å². The molecular weight excluding hydrogens is 258 g/mol. The zero-order valence-corrected chi connectivity index (χ0v) is 12.1. The minimum absolute atomic E-state index is 0.110. The first kappa shape index (κ1) is 14.6. The van der Waals surface area contributed by atoms with E-state index in [4.69, 9.17) is 5.11 Å². The normalized spacial score (nSPS) is 15.9. The van der Waals surface area contributed by atoms with Gasteiger partial charge in [0, 0.05) is 19.2 Å². The molecule has 0 spiro atoms. The zero-order chi connectivity index (χ0) is 14.9. The topological polar surface area (TPSA) is 84.2 Å². The highest BCUT2D eigenvalue weighted by molar-refractivity contribution is 5.84. The van der Waals surface area contributed by atoms with Gasteiger partial charge in [-0.05, 0) is 44.6 Å². The quantitative estimate of drug-likeness (QED) is 0.812. The summed E-state index contributed by atoms with van der Waals surface area (Å²) in [6, 6.07) is -0.724. The summed E-state index contributed by atoms with van der Waals surface area (Å²) in [6.45, 7) is 3.89. The Hall–Kier alpha value is -1.85. The lowest BCUT2D eigenvalue weighted by Crippen LogP contribution is -2.42. The molecule has 2 N–H and O–H groups in total. The van der Waals surface area contributed by atoms with Gasteiger partial charge in [0.2, 0.25) is 5.91 Å². The van der Waals surface area contributed by atoms with Crippen LogP contribution in [0, 0.1) is 19.8 Å². The fourth-order valence-corrected chi connectivity index (χ4v) is 2.47. The van der Waals surface area contributed by atoms with Crippen LogP contribution in [0.2, 0.25) is 0 Å². The predicted molar refractivity (Wildman–Crippen MR) is 73.3 cm³/mol. The van der Waals surface area contributed by atoms with Crippen LogP contribution in [-0.2, 0) is 23.1 Å². The molecule has 110 valence electrons. The molecule has 0 aromatic carbocycles. The molecule has 1 heterocycles. The van der Waals surface area contributed by atoms with Crippen molar-refractivity contribution >= 4 is 11.9 Å². The molecule has 20 heavy (non-hydrogen) atoms. The smallest absolute Gasteiger partial charge is 0.326 e. The molecular formula is C14H21N3O3. The Kier molecular flexibility index (Phi) is 4.11. The second-order valence-electron chi connectivity index (χ2n) is 5.49. The van der Waals surface area contributed by atoms with E-state index in [1.807, 2.05) is 20.9 Å². The zero-order valence-electron chi connectivity index (χ0n) is 12.1. The van der Waals surface area contributed by atoms with E-state index in [2.05, 4.69) is 10.4 Å². The molecule has 6 nitrogen and oxygen atoms in total. The summed E-state index contributed by atoms with van der Waals surface area (Å²) in [5.41, 5.74) is 3.04. The van der Waals surface area contributed by atoms with Crippen molar-refractivity contribution in [3.05, 3.63) is 17.0 Å². The van der Waals surface area contributed by atoms with Crippen LogP contribution in [0.1, 0.15) is 36.2 Å². The van der Waals surface area contributed by atoms with Crippen LogP contribution in [-0.4, -0.2) is 32.8 Å². The third-order valence-corrected chi connectivity index (χ3v) is 3.94. The highest BCUT2D eigenvalue weighted by Crippen LogP contribution is 2.32. The van der Waals surface area contributed by atoms with Gasteiger partial charge in [-0.25, -0.2) is 4.79 Å². The molecule has 1 unspecified atom stereocenters. The Morgan fingerprint density at radius 3 is 2.55 bits per heavy atom. The summed E-state index contributed by atoms with van der Waals surface area (Å²) >= 11 is 0. The molecule has 0 radical (unpaired) electrons. The lowest BCUT2D eigenvalue weighted by atomic mass is 10.1. The fourth-order valence-electron chi connectivity index (χ4n) is 2.47. The van der Waals surface area contributed by atoms with Crippen molar-refractivity contribution in [1.82, 2.24) is 15.1 Å². The van der Waals surface area contributed by atoms with E-state index in [0.717, 1.165) is 29.8 Å². The molecule has 0 bridgehead atoms. The number of amides is 1. The number of nitrogens with one attached hydrogen (secondary N) is 1. The van der Waals surface area contributed by atoms with E-state index in [1.165, 1.54) is 0 Å². The van der Waals surface area contributed by atoms with Crippen molar-refractivity contribution in [2.75, 3.05) is 0 Å². The van der Waals surface area contributed by atoms with E-state index in [-0.39, 0.29) is 11.8 Å². The van der Waals surface area contributed by atoms with Crippen LogP contribution >= 0.6 is 0 Å². The molecule has 1 aromatic rings. The first-order valence-electron chi connectivity index (χ1n) is 6.91. The number of carbonyl (C=O) groups excluding carboxylic acids is 1. The van der Waals surface area contributed by atoms with Gasteiger partial charge in [-0.3, -0.25) is 9.48 Å². The highest BCUT2D eigenvalue weighted by atomic mass is 16.4. The van der Waals surface area contributed by atoms with Crippen LogP contribution in [0.25, 0.3) is 0 Å². The average molecular weight is 279 g/mol. The number of carbonyl (C=O) groups is 2. The van der Waals surface area contributed by atoms with Gasteiger partial charge in [-0.1, -0.05) is 0 Å². The minimum atomic E-state index is -0.936. The molecule has 2 rings (SSSR count). The molecule has 1 aliphatic rings. The number of carboxylic acid groups (broad SMARTS) is 1. The van der Waals surface area contributed by atoms with Crippen LogP contribution < -0.4 is 5.32 Å². The Balaban J connectivity index is 1.90. The number of carboxylic acids is 1. The maximum absolute atomic E-state index is 11.9. The lowest BCUT2D eigenvalue weighted by molar-refractivity contribution is -0.142. The number of nitrogens with zero attached hydrogens (tertiary/aromatic N) is 2. The maximum Gasteiger partial charge on any atom is 0.326 e. The summed E-state index contributed by atoms with van der Waals surface area (Å²) in [6.07, 6.45) is 2.66. The molecule has 0 aliphatic heterocycles. The molecule has 1 amide bonds. The summed E-state index contributed by atoms with van der Waals surface area (Å²) in [5, 5.41) is 16.0. The molecule has 0 saturated heterocycles. The van der Waals surface area contributed by atoms with Crippen LogP contribution in [0.3, 0.4) is 0 Å². The van der Waals surface area contributed by atoms with E-state index in [0.29, 0.717) is 12.8 Å². The van der Waals surface area contributed by atoms with Crippen molar-refractivity contribution in [2.45, 2.75) is 45.6 Å². The van der Waals surface area contributed by atoms with E-state index in [9.17, 15) is 9.59 Å². The summed E-state index contributed by atoms with van der Waals surface area (Å²) in [7, 11) is 1.87. The Morgan fingerprint density at radius 1 is 1.45 bits per heavy atom. The molecule has 1 aliphatic carbocycles. The number of aliphatic carboxylic acids is 1. The fraction of sp³-hybridized carbons (Fsp3) is 0.643. The SMILES string of the molecule is Cc1nn(C)c(C)c1CCC(=O)NC(C(=O)O)C1CC1. The number of hydrogen-bond acceptors (Lipinski definition) is 3. The summed E-state index contributed by atoms with van der Waals surface area (Å²) in [5.74, 6) is -1.03. The van der Waals surface area contributed by atoms with Gasteiger partial charge < -0.3 is 10.4 Å². The van der Waals surface area contributed by atoms with Gasteiger partial charge in [0.05, 0.1) is 5.69 Å². The summed E-state index contributed by atoms with van der Waals surface area (Å²) < 4.78 is 1.80. The van der Waals surface area contributed by atoms with Crippen molar-refractivity contribution in [2.24, 2.45) is 13.0 Å². The lowest BCUT2D eigenvalue weighted by Gasteiger charge is -2.13. The number of rotatable bonds is 6. The first-order chi connectivity index (χ1) is 9.40. The van der Waals surface area contributed by atoms with Gasteiger partial charge in [-0.2, -0.15) is 5.10 Å². The number of aryl methyl sites for hydroxylation is 2. The third-order valence-electron chi connectivity index (χ3n) is 3.94. The van der Waals surface area contributed by atoms with Gasteiger partial charge in [0.1, 0.15) is 6.04 Å². The van der Waals surface area contributed by atoms with E-state index >= 15 is 0 Å². The largest absolute Gasteiger partial charge is 0.480 e. The van der Waals surface area contributed by atoms with E-state index < -0.39 is 12.0 Å². The van der Waals surface area contributed by atoms with Crippen molar-refractivity contribution in [3.63, 3.8) is 0 Å². The standard InChI is InChI=1S/C14H21N3O3/c1-8-11(9(2)17(3)16-8)6-7-12(18)15-13(14(19)20)10-4-5-10/h10,13H,4-7H2,1-3H3,(H,15,18)(H,19,20). The average Bonchev–Trinajstić information content (AvgIpc) is 3.15. The van der Waals surface area contributed by atoms with Crippen LogP contribution in [0.15, 0.2) is 0 Å². The first-order valence-corrected chi connectivity index (χ1v) is 6.91. The maximum atomic E-state index is 11.9. The second-order valence-corrected chi connectivity index (χ2v) is 5.49. The van der Waals surface area contributed by atoms with Gasteiger partial charge in [0.15, 0.2) is 0 Å². The number of aromatic nitrogens is 2. The molecule has 1 atom stereocenters. The van der Waals surface area contributed by atoms with Crippen LogP contribution in [0.5, 0.6) is 0 Å². The molecule has 6 heteroatoms. The van der Waals surface area contributed by atoms with Crippen molar-refractivity contribution in [3.8, 4) is 0 Å². The van der Waals surface area contributed by atoms with Gasteiger partial charge in [-0.15, -0.1) is 0 Å². The predicted octanol–water partition coefficient (Wildman–Crippen LogP) is 0.949. The Labute approximate surface area is 118 Å². The molecule has 1 fully saturated rings. The van der Waals surface area contributed by atoms with Crippen molar-refractivity contribution in [1.29, 1.82) is 0 Å². The van der Waals surface area contributed by atoms with Gasteiger partial charge >= 0.3 is 5.97 Å². The van der Waals surface area contributed by atoms with Gasteiger partial charge in [0.25, 0.3) is 0 Å². The molecule has 1 saturated carbocycles. The highest BCUT2D eigenvalue weighted by Gasteiger charge is 2.37. The Morgan fingerprint density at radius 2 is 2.10 bits per heavy atom. The molecule has 1 aromatic heterocycles. The van der Waals surface area contributed by atoms with Crippen molar-refractivity contribution < 1.29 is 14.7 Å². The number of hydrogen-bond donors (Lipinski definition) is 2. The van der Waals surface area contributed by atoms with Crippen LogP contribution in [0.4, 0.5) is 0 Å².